The average Bonchev–Trinajstić information content (AvgIpc) is 2.44. The molecule has 1 rings (SSSR count). The number of amides is 1. The number of esters is 1. The minimum atomic E-state index is -0.310. The highest BCUT2D eigenvalue weighted by molar-refractivity contribution is 5.94. The predicted molar refractivity (Wildman–Crippen MR) is 69.0 cm³/mol. The Kier molecular flexibility index (Phi) is 5.78. The fourth-order valence-electron chi connectivity index (χ4n) is 1.44. The van der Waals surface area contributed by atoms with Crippen molar-refractivity contribution < 1.29 is 19.1 Å². The van der Waals surface area contributed by atoms with E-state index in [0.717, 1.165) is 0 Å². The second-order valence-corrected chi connectivity index (χ2v) is 3.87. The van der Waals surface area contributed by atoms with Crippen LogP contribution in [0, 0.1) is 0 Å². The van der Waals surface area contributed by atoms with Gasteiger partial charge in [0.2, 0.25) is 5.88 Å². The third kappa shape index (κ3) is 4.57. The molecule has 0 aliphatic carbocycles. The summed E-state index contributed by atoms with van der Waals surface area (Å²) in [5, 5.41) is 0. The molecule has 19 heavy (non-hydrogen) atoms. The molecule has 0 N–H and O–H groups in total. The summed E-state index contributed by atoms with van der Waals surface area (Å²) in [5.41, 5.74) is 0.451. The quantitative estimate of drug-likeness (QED) is 0.722. The lowest BCUT2D eigenvalue weighted by atomic mass is 10.2. The zero-order valence-electron chi connectivity index (χ0n) is 11.4. The Balaban J connectivity index is 2.53. The van der Waals surface area contributed by atoms with Crippen LogP contribution in [0.4, 0.5) is 0 Å². The lowest BCUT2D eigenvalue weighted by molar-refractivity contribution is -0.143. The van der Waals surface area contributed by atoms with Gasteiger partial charge in [-0.15, -0.1) is 0 Å². The van der Waals surface area contributed by atoms with Gasteiger partial charge in [-0.25, -0.2) is 4.98 Å². The van der Waals surface area contributed by atoms with Gasteiger partial charge in [0.15, 0.2) is 0 Å². The maximum atomic E-state index is 12.0. The first-order valence-electron chi connectivity index (χ1n) is 5.99. The van der Waals surface area contributed by atoms with Crippen LogP contribution in [0.25, 0.3) is 0 Å². The first-order chi connectivity index (χ1) is 9.08. The van der Waals surface area contributed by atoms with Crippen LogP contribution >= 0.6 is 0 Å². The van der Waals surface area contributed by atoms with Gasteiger partial charge in [0, 0.05) is 25.9 Å². The number of methoxy groups -OCH3 is 1. The Morgan fingerprint density at radius 2 is 2.11 bits per heavy atom. The number of nitrogens with zero attached hydrogens (tertiary/aromatic N) is 2. The molecule has 0 aliphatic heterocycles. The van der Waals surface area contributed by atoms with Crippen molar-refractivity contribution in [1.82, 2.24) is 9.88 Å². The van der Waals surface area contributed by atoms with Crippen LogP contribution in [0.15, 0.2) is 18.3 Å². The molecule has 0 aliphatic rings. The molecule has 0 bridgehead atoms. The van der Waals surface area contributed by atoms with Crippen molar-refractivity contribution in [2.24, 2.45) is 0 Å². The monoisotopic (exact) mass is 266 g/mol. The van der Waals surface area contributed by atoms with Crippen LogP contribution in [-0.4, -0.2) is 49.1 Å². The summed E-state index contributed by atoms with van der Waals surface area (Å²) >= 11 is 0. The Bertz CT molecular complexity index is 431. The number of aromatic nitrogens is 1. The lowest BCUT2D eigenvalue weighted by Crippen LogP contribution is -2.29. The summed E-state index contributed by atoms with van der Waals surface area (Å²) in [4.78, 5) is 28.6. The van der Waals surface area contributed by atoms with Crippen molar-refractivity contribution in [1.29, 1.82) is 0 Å². The van der Waals surface area contributed by atoms with Gasteiger partial charge >= 0.3 is 5.97 Å². The molecule has 1 aromatic heterocycles. The molecule has 104 valence electrons. The third-order valence-electron chi connectivity index (χ3n) is 2.50. The molecule has 0 unspecified atom stereocenters. The molecule has 1 heterocycles. The summed E-state index contributed by atoms with van der Waals surface area (Å²) in [7, 11) is 3.14. The van der Waals surface area contributed by atoms with Gasteiger partial charge in [-0.3, -0.25) is 9.59 Å². The van der Waals surface area contributed by atoms with Crippen molar-refractivity contribution in [2.45, 2.75) is 13.3 Å². The highest BCUT2D eigenvalue weighted by Crippen LogP contribution is 2.08. The van der Waals surface area contributed by atoms with Crippen LogP contribution in [0.3, 0.4) is 0 Å². The molecule has 0 spiro atoms. The van der Waals surface area contributed by atoms with Crippen LogP contribution in [-0.2, 0) is 9.53 Å². The number of carbonyl (C=O) groups is 2. The van der Waals surface area contributed by atoms with Gasteiger partial charge in [0.25, 0.3) is 5.91 Å². The lowest BCUT2D eigenvalue weighted by Gasteiger charge is -2.16. The normalized spacial score (nSPS) is 9.84. The largest absolute Gasteiger partial charge is 0.481 e. The Morgan fingerprint density at radius 3 is 2.63 bits per heavy atom. The minimum absolute atomic E-state index is 0.180. The van der Waals surface area contributed by atoms with E-state index in [4.69, 9.17) is 9.47 Å². The van der Waals surface area contributed by atoms with E-state index in [-0.39, 0.29) is 18.3 Å². The van der Waals surface area contributed by atoms with Gasteiger partial charge in [0.1, 0.15) is 0 Å². The van der Waals surface area contributed by atoms with Gasteiger partial charge in [-0.05, 0) is 13.0 Å². The number of rotatable bonds is 6. The number of pyridine rings is 1. The zero-order valence-corrected chi connectivity index (χ0v) is 11.4. The zero-order chi connectivity index (χ0) is 14.3. The van der Waals surface area contributed by atoms with E-state index in [2.05, 4.69) is 4.98 Å². The highest BCUT2D eigenvalue weighted by Gasteiger charge is 2.13. The van der Waals surface area contributed by atoms with E-state index in [9.17, 15) is 9.59 Å². The highest BCUT2D eigenvalue weighted by atomic mass is 16.5. The maximum absolute atomic E-state index is 12.0. The third-order valence-corrected chi connectivity index (χ3v) is 2.50. The average molecular weight is 266 g/mol. The molecular weight excluding hydrogens is 248 g/mol. The van der Waals surface area contributed by atoms with E-state index >= 15 is 0 Å². The molecule has 0 atom stereocenters. The second-order valence-electron chi connectivity index (χ2n) is 3.87. The predicted octanol–water partition coefficient (Wildman–Crippen LogP) is 1.12. The molecule has 0 radical (unpaired) electrons. The Labute approximate surface area is 112 Å². The standard InChI is InChI=1S/C13H18N2O4/c1-4-19-12(16)7-8-15(2)13(17)10-5-6-11(18-3)14-9-10/h5-6,9H,4,7-8H2,1-3H3. The summed E-state index contributed by atoms with van der Waals surface area (Å²) < 4.78 is 9.72. The second kappa shape index (κ2) is 7.35. The number of carbonyl (C=O) groups excluding carboxylic acids is 2. The summed E-state index contributed by atoms with van der Waals surface area (Å²) in [6, 6.07) is 3.25. The summed E-state index contributed by atoms with van der Waals surface area (Å²) in [6.45, 7) is 2.40. The SMILES string of the molecule is CCOC(=O)CCN(C)C(=O)c1ccc(OC)nc1. The van der Waals surface area contributed by atoms with Crippen molar-refractivity contribution in [3.63, 3.8) is 0 Å². The molecule has 0 fully saturated rings. The Morgan fingerprint density at radius 1 is 1.37 bits per heavy atom. The van der Waals surface area contributed by atoms with Crippen LogP contribution in [0.2, 0.25) is 0 Å². The maximum Gasteiger partial charge on any atom is 0.307 e. The van der Waals surface area contributed by atoms with Crippen LogP contribution in [0.1, 0.15) is 23.7 Å². The van der Waals surface area contributed by atoms with Crippen LogP contribution in [0.5, 0.6) is 5.88 Å². The number of hydrogen-bond donors (Lipinski definition) is 0. The number of hydrogen-bond acceptors (Lipinski definition) is 5. The van der Waals surface area contributed by atoms with Gasteiger partial charge in [-0.1, -0.05) is 0 Å². The van der Waals surface area contributed by atoms with Crippen molar-refractivity contribution in [3.8, 4) is 5.88 Å². The molecular formula is C13H18N2O4. The van der Waals surface area contributed by atoms with Crippen molar-refractivity contribution >= 4 is 11.9 Å². The van der Waals surface area contributed by atoms with Crippen molar-refractivity contribution in [2.75, 3.05) is 27.3 Å². The topological polar surface area (TPSA) is 68.7 Å². The molecule has 0 aromatic carbocycles. The van der Waals surface area contributed by atoms with E-state index in [0.29, 0.717) is 24.6 Å². The molecule has 6 nitrogen and oxygen atoms in total. The number of ether oxygens (including phenoxy) is 2. The van der Waals surface area contributed by atoms with E-state index in [1.54, 1.807) is 26.1 Å². The molecule has 1 aromatic rings. The van der Waals surface area contributed by atoms with Crippen LogP contribution < -0.4 is 4.74 Å². The molecule has 1 amide bonds. The van der Waals surface area contributed by atoms with Gasteiger partial charge in [0.05, 0.1) is 25.7 Å². The van der Waals surface area contributed by atoms with Gasteiger partial charge < -0.3 is 14.4 Å². The van der Waals surface area contributed by atoms with E-state index < -0.39 is 0 Å². The molecule has 0 saturated carbocycles. The molecule has 0 saturated heterocycles. The smallest absolute Gasteiger partial charge is 0.307 e. The van der Waals surface area contributed by atoms with Crippen molar-refractivity contribution in [3.05, 3.63) is 23.9 Å². The fourth-order valence-corrected chi connectivity index (χ4v) is 1.44. The first-order valence-corrected chi connectivity index (χ1v) is 5.99. The molecule has 6 heteroatoms. The van der Waals surface area contributed by atoms with E-state index in [1.807, 2.05) is 0 Å². The summed E-state index contributed by atoms with van der Waals surface area (Å²) in [6.07, 6.45) is 1.63. The fraction of sp³-hybridized carbons (Fsp3) is 0.462. The first kappa shape index (κ1) is 14.9. The van der Waals surface area contributed by atoms with Gasteiger partial charge in [-0.2, -0.15) is 0 Å². The van der Waals surface area contributed by atoms with E-state index in [1.165, 1.54) is 18.2 Å². The minimum Gasteiger partial charge on any atom is -0.481 e. The Hall–Kier alpha value is -2.11. The summed E-state index contributed by atoms with van der Waals surface area (Å²) in [5.74, 6) is -0.0554.